The van der Waals surface area contributed by atoms with Crippen molar-refractivity contribution in [1.82, 2.24) is 14.9 Å². The molecule has 0 radical (unpaired) electrons. The Morgan fingerprint density at radius 3 is 1.97 bits per heavy atom. The van der Waals surface area contributed by atoms with Crippen LogP contribution in [0.15, 0.2) is 18.2 Å². The second-order valence-electron chi connectivity index (χ2n) is 10.7. The number of fused-ring (bicyclic) bond motifs is 1. The molecule has 0 saturated heterocycles. The van der Waals surface area contributed by atoms with Crippen LogP contribution < -0.4 is 48.0 Å². The van der Waals surface area contributed by atoms with Gasteiger partial charge in [0.2, 0.25) is 0 Å². The van der Waals surface area contributed by atoms with Gasteiger partial charge in [-0.15, -0.1) is 13.2 Å². The monoisotopic (exact) mass is 523 g/mol. The van der Waals surface area contributed by atoms with E-state index in [4.69, 9.17) is 14.7 Å². The van der Waals surface area contributed by atoms with Gasteiger partial charge in [0.1, 0.15) is 78.9 Å². The van der Waals surface area contributed by atoms with Crippen LogP contribution in [0.1, 0.15) is 16.2 Å². The Morgan fingerprint density at radius 1 is 0.872 bits per heavy atom. The van der Waals surface area contributed by atoms with E-state index in [-0.39, 0.29) is 11.7 Å². The third-order valence-electron chi connectivity index (χ3n) is 7.94. The average Bonchev–Trinajstić information content (AvgIpc) is 3.02. The smallest absolute Gasteiger partial charge is 0.491 e. The zero-order valence-electron chi connectivity index (χ0n) is 23.8. The molecule has 39 heavy (non-hydrogen) atoms. The van der Waals surface area contributed by atoms with Gasteiger partial charge in [-0.25, -0.2) is 9.97 Å². The maximum Gasteiger partial charge on any atom is 0.573 e. The Kier molecular flexibility index (Phi) is 7.55. The van der Waals surface area contributed by atoms with E-state index >= 15 is 0 Å². The summed E-state index contributed by atoms with van der Waals surface area (Å²) in [6.07, 6.45) is -4.79. The van der Waals surface area contributed by atoms with Crippen molar-refractivity contribution in [3.63, 3.8) is 0 Å². The number of aromatic nitrogens is 2. The molecule has 18 heteroatoms. The first-order valence-corrected chi connectivity index (χ1v) is 12.8. The SMILES string of the molecule is Bc1nc(C(B)(B)N2CCOc3ccc(-c4c(B)c(B)c(OC(F)(F)F)c(B)c4B)cc3C2=O)nc(B)c1B. The van der Waals surface area contributed by atoms with Crippen molar-refractivity contribution in [2.75, 3.05) is 13.2 Å². The fraction of sp³-hybridized carbons (Fsp3) is 0.190. The Hall–Kier alpha value is -3.04. The van der Waals surface area contributed by atoms with Gasteiger partial charge in [0, 0.05) is 5.34 Å². The maximum absolute atomic E-state index is 14.0. The first-order chi connectivity index (χ1) is 18.0. The number of hydrogen-bond acceptors (Lipinski definition) is 5. The van der Waals surface area contributed by atoms with Crippen LogP contribution in [0.25, 0.3) is 11.1 Å². The second-order valence-corrected chi connectivity index (χ2v) is 10.7. The molecule has 0 saturated carbocycles. The minimum atomic E-state index is -4.79. The number of amides is 1. The standard InChI is InChI=1S/C21H25B9F3N3O3/c22-10-9(11(23)13(25)15(12(10)24)39-21(31,32)33)6-1-2-8-7(5-6)18(37)36(3-4-38-8)20(29,30)19-34-16(27)14(26)17(28)35-19/h1-2,5H,3-4,22-30H2. The summed E-state index contributed by atoms with van der Waals surface area (Å²) >= 11 is 0. The molecule has 0 N–H and O–H groups in total. The zero-order valence-corrected chi connectivity index (χ0v) is 23.8. The van der Waals surface area contributed by atoms with Gasteiger partial charge in [0.25, 0.3) is 5.91 Å². The van der Waals surface area contributed by atoms with Gasteiger partial charge in [-0.05, 0) is 34.4 Å². The van der Waals surface area contributed by atoms with Crippen molar-refractivity contribution in [3.05, 3.63) is 29.6 Å². The van der Waals surface area contributed by atoms with Crippen LogP contribution in [0, 0.1) is 0 Å². The lowest BCUT2D eigenvalue weighted by Crippen LogP contribution is -2.55. The molecule has 0 bridgehead atoms. The topological polar surface area (TPSA) is 64.6 Å². The maximum atomic E-state index is 14.0. The van der Waals surface area contributed by atoms with Gasteiger partial charge in [-0.1, -0.05) is 33.4 Å². The second kappa shape index (κ2) is 10.2. The summed E-state index contributed by atoms with van der Waals surface area (Å²) in [5.41, 5.74) is 6.68. The van der Waals surface area contributed by atoms with E-state index in [2.05, 4.69) is 4.74 Å². The Labute approximate surface area is 234 Å². The molecule has 4 rings (SSSR count). The summed E-state index contributed by atoms with van der Waals surface area (Å²) in [7, 11) is 16.4. The average molecular weight is 522 g/mol. The van der Waals surface area contributed by atoms with Gasteiger partial charge in [-0.2, -0.15) is 0 Å². The molecule has 1 aliphatic heterocycles. The van der Waals surface area contributed by atoms with Crippen molar-refractivity contribution in [2.24, 2.45) is 0 Å². The predicted octanol–water partition coefficient (Wildman–Crippen LogP) is -10.2. The summed E-state index contributed by atoms with van der Waals surface area (Å²) in [6, 6.07) is 5.34. The van der Waals surface area contributed by atoms with Crippen molar-refractivity contribution in [2.45, 2.75) is 11.7 Å². The lowest BCUT2D eigenvalue weighted by molar-refractivity contribution is -0.273. The summed E-state index contributed by atoms with van der Waals surface area (Å²) in [5, 5.41) is -0.823. The van der Waals surface area contributed by atoms with Crippen LogP contribution in [0.4, 0.5) is 13.2 Å². The molecule has 3 aromatic rings. The number of rotatable bonds is 4. The number of halogens is 3. The summed E-state index contributed by atoms with van der Waals surface area (Å²) in [6.45, 7) is 0.635. The van der Waals surface area contributed by atoms with Gasteiger partial charge >= 0.3 is 6.36 Å². The molecule has 0 aliphatic carbocycles. The molecule has 2 heterocycles. The molecule has 1 aliphatic rings. The molecule has 190 valence electrons. The molecule has 0 fully saturated rings. The highest BCUT2D eigenvalue weighted by Gasteiger charge is 2.38. The van der Waals surface area contributed by atoms with E-state index in [0.29, 0.717) is 57.7 Å². The quantitative estimate of drug-likeness (QED) is 0.319. The fourth-order valence-corrected chi connectivity index (χ4v) is 5.15. The van der Waals surface area contributed by atoms with E-state index in [1.807, 2.05) is 45.3 Å². The van der Waals surface area contributed by atoms with Crippen LogP contribution in [0.3, 0.4) is 0 Å². The minimum absolute atomic E-state index is 0.188. The van der Waals surface area contributed by atoms with Crippen molar-refractivity contribution < 1.29 is 27.4 Å². The molecule has 0 spiro atoms. The van der Waals surface area contributed by atoms with E-state index in [1.54, 1.807) is 48.4 Å². The molecule has 2 aromatic carbocycles. The lowest BCUT2D eigenvalue weighted by Gasteiger charge is -2.37. The number of carbonyl (C=O) groups is 1. The van der Waals surface area contributed by atoms with Crippen LogP contribution in [-0.4, -0.2) is 111 Å². The Bertz CT molecular complexity index is 1450. The number of nitrogens with zero attached hydrogens (tertiary/aromatic N) is 3. The highest BCUT2D eigenvalue weighted by Crippen LogP contribution is 2.31. The van der Waals surface area contributed by atoms with Gasteiger partial charge in [0.15, 0.2) is 15.7 Å². The number of alkyl halides is 3. The van der Waals surface area contributed by atoms with E-state index in [0.717, 1.165) is 22.2 Å². The number of hydrogen-bond donors (Lipinski definition) is 0. The van der Waals surface area contributed by atoms with Crippen molar-refractivity contribution >= 4 is 115 Å². The van der Waals surface area contributed by atoms with E-state index < -0.39 is 11.7 Å². The van der Waals surface area contributed by atoms with Crippen LogP contribution in [0.5, 0.6) is 11.5 Å². The number of benzene rings is 2. The molecule has 1 aromatic heterocycles. The largest absolute Gasteiger partial charge is 0.573 e. The van der Waals surface area contributed by atoms with Gasteiger partial charge in [-0.3, -0.25) is 4.79 Å². The third-order valence-corrected chi connectivity index (χ3v) is 7.94. The summed E-state index contributed by atoms with van der Waals surface area (Å²) < 4.78 is 49.6. The first-order valence-electron chi connectivity index (χ1n) is 12.8. The number of ether oxygens (including phenoxy) is 2. The molecule has 0 unspecified atom stereocenters. The lowest BCUT2D eigenvalue weighted by atomic mass is 9.59. The molecule has 1 amide bonds. The normalized spacial score (nSPS) is 13.9. The van der Waals surface area contributed by atoms with Gasteiger partial charge in [0.05, 0.1) is 12.1 Å². The summed E-state index contributed by atoms with van der Waals surface area (Å²) in [4.78, 5) is 25.2. The molecular formula is C21H25B9F3N3O3. The fourth-order valence-electron chi connectivity index (χ4n) is 5.15. The third kappa shape index (κ3) is 5.26. The van der Waals surface area contributed by atoms with Gasteiger partial charge < -0.3 is 14.4 Å². The highest BCUT2D eigenvalue weighted by molar-refractivity contribution is 6.61. The first kappa shape index (κ1) is 29.0. The van der Waals surface area contributed by atoms with Crippen molar-refractivity contribution in [3.8, 4) is 22.6 Å². The van der Waals surface area contributed by atoms with Crippen LogP contribution >= 0.6 is 0 Å². The van der Waals surface area contributed by atoms with Crippen molar-refractivity contribution in [1.29, 1.82) is 0 Å². The highest BCUT2D eigenvalue weighted by atomic mass is 19.4. The Morgan fingerprint density at radius 2 is 1.44 bits per heavy atom. The molecular weight excluding hydrogens is 497 g/mol. The minimum Gasteiger partial charge on any atom is -0.491 e. The molecule has 6 nitrogen and oxygen atoms in total. The molecule has 0 atom stereocenters. The summed E-state index contributed by atoms with van der Waals surface area (Å²) in [5.74, 6) is 0.593. The van der Waals surface area contributed by atoms with E-state index in [9.17, 15) is 18.0 Å². The predicted molar refractivity (Wildman–Crippen MR) is 173 cm³/mol. The van der Waals surface area contributed by atoms with Crippen LogP contribution in [0.2, 0.25) is 0 Å². The number of carbonyl (C=O) groups excluding carboxylic acids is 1. The van der Waals surface area contributed by atoms with E-state index in [1.165, 1.54) is 0 Å². The zero-order chi connectivity index (χ0) is 29.0. The Balaban J connectivity index is 1.81. The van der Waals surface area contributed by atoms with Crippen LogP contribution in [-0.2, 0) is 5.34 Å².